The largest absolute Gasteiger partial charge is 0.444 e. The van der Waals surface area contributed by atoms with Crippen molar-refractivity contribution in [1.29, 1.82) is 0 Å². The summed E-state index contributed by atoms with van der Waals surface area (Å²) >= 11 is 0. The molecule has 0 bridgehead atoms. The van der Waals surface area contributed by atoms with E-state index in [1.165, 1.54) is 6.42 Å². The highest BCUT2D eigenvalue weighted by Crippen LogP contribution is 2.22. The molecule has 1 aliphatic rings. The summed E-state index contributed by atoms with van der Waals surface area (Å²) in [4.78, 5) is 16.6. The Morgan fingerprint density at radius 3 is 2.18 bits per heavy atom. The highest BCUT2D eigenvalue weighted by Gasteiger charge is 2.28. The maximum Gasteiger partial charge on any atom is 0.410 e. The molecule has 0 aromatic rings. The van der Waals surface area contributed by atoms with Crippen LogP contribution in [0, 0.1) is 5.92 Å². The van der Waals surface area contributed by atoms with E-state index in [2.05, 4.69) is 32.6 Å². The number of hydrogen-bond acceptors (Lipinski definition) is 3. The average molecular weight is 312 g/mol. The van der Waals surface area contributed by atoms with E-state index in [9.17, 15) is 4.79 Å². The van der Waals surface area contributed by atoms with Gasteiger partial charge >= 0.3 is 6.09 Å². The van der Waals surface area contributed by atoms with Crippen molar-refractivity contribution in [2.75, 3.05) is 19.6 Å². The van der Waals surface area contributed by atoms with Gasteiger partial charge < -0.3 is 9.64 Å². The van der Waals surface area contributed by atoms with Gasteiger partial charge in [0.05, 0.1) is 0 Å². The van der Waals surface area contributed by atoms with Crippen LogP contribution in [0.4, 0.5) is 4.79 Å². The van der Waals surface area contributed by atoms with Crippen molar-refractivity contribution in [3.05, 3.63) is 0 Å². The van der Waals surface area contributed by atoms with Gasteiger partial charge in [-0.3, -0.25) is 4.90 Å². The van der Waals surface area contributed by atoms with Crippen LogP contribution >= 0.6 is 0 Å². The Bertz CT molecular complexity index is 341. The quantitative estimate of drug-likeness (QED) is 0.765. The molecule has 0 aromatic carbocycles. The second-order valence-electron chi connectivity index (χ2n) is 7.96. The van der Waals surface area contributed by atoms with Crippen molar-refractivity contribution in [2.45, 2.75) is 85.4 Å². The third-order valence-electron chi connectivity index (χ3n) is 4.56. The lowest BCUT2D eigenvalue weighted by atomic mass is 9.95. The lowest BCUT2D eigenvalue weighted by Gasteiger charge is -2.39. The Morgan fingerprint density at radius 2 is 1.77 bits per heavy atom. The lowest BCUT2D eigenvalue weighted by molar-refractivity contribution is 0.0153. The van der Waals surface area contributed by atoms with Gasteiger partial charge in [0.1, 0.15) is 5.60 Å². The number of carbonyl (C=O) groups excluding carboxylic acids is 1. The summed E-state index contributed by atoms with van der Waals surface area (Å²) in [5.74, 6) is 0.690. The van der Waals surface area contributed by atoms with Gasteiger partial charge in [0.2, 0.25) is 0 Å². The fourth-order valence-electron chi connectivity index (χ4n) is 3.06. The van der Waals surface area contributed by atoms with E-state index in [1.807, 2.05) is 25.7 Å². The molecular weight excluding hydrogens is 276 g/mol. The van der Waals surface area contributed by atoms with Crippen LogP contribution in [0.5, 0.6) is 0 Å². The van der Waals surface area contributed by atoms with Crippen LogP contribution in [-0.4, -0.2) is 53.2 Å². The van der Waals surface area contributed by atoms with Crippen molar-refractivity contribution in [3.8, 4) is 0 Å². The molecule has 0 aromatic heterocycles. The van der Waals surface area contributed by atoms with Gasteiger partial charge in [-0.25, -0.2) is 4.79 Å². The standard InChI is InChI=1S/C18H36N2O2/c1-8-15(4)20(14(2)3)13-16-9-11-19(12-10-16)17(21)22-18(5,6)7/h14-16H,8-13H2,1-7H3. The normalized spacial score (nSPS) is 18.9. The van der Waals surface area contributed by atoms with Gasteiger partial charge in [0, 0.05) is 31.7 Å². The summed E-state index contributed by atoms with van der Waals surface area (Å²) in [6.07, 6.45) is 3.20. The molecule has 1 amide bonds. The number of piperidine rings is 1. The van der Waals surface area contributed by atoms with Crippen LogP contribution in [0.1, 0.15) is 67.7 Å². The Balaban J connectivity index is 2.46. The third-order valence-corrected chi connectivity index (χ3v) is 4.56. The molecule has 1 rings (SSSR count). The van der Waals surface area contributed by atoms with E-state index in [4.69, 9.17) is 4.74 Å². The highest BCUT2D eigenvalue weighted by atomic mass is 16.6. The van der Waals surface area contributed by atoms with Crippen molar-refractivity contribution < 1.29 is 9.53 Å². The zero-order valence-electron chi connectivity index (χ0n) is 15.7. The van der Waals surface area contributed by atoms with E-state index in [1.54, 1.807) is 0 Å². The predicted molar refractivity (Wildman–Crippen MR) is 92.1 cm³/mol. The SMILES string of the molecule is CCC(C)N(CC1CCN(C(=O)OC(C)(C)C)CC1)C(C)C. The molecule has 0 aliphatic carbocycles. The molecule has 0 radical (unpaired) electrons. The van der Waals surface area contributed by atoms with Crippen molar-refractivity contribution >= 4 is 6.09 Å². The summed E-state index contributed by atoms with van der Waals surface area (Å²) < 4.78 is 5.46. The zero-order chi connectivity index (χ0) is 16.9. The van der Waals surface area contributed by atoms with Crippen LogP contribution in [-0.2, 0) is 4.74 Å². The molecule has 22 heavy (non-hydrogen) atoms. The molecule has 1 atom stereocenters. The first-order valence-electron chi connectivity index (χ1n) is 8.87. The van der Waals surface area contributed by atoms with Crippen LogP contribution in [0.3, 0.4) is 0 Å². The summed E-state index contributed by atoms with van der Waals surface area (Å²) in [5, 5.41) is 0. The molecule has 1 unspecified atom stereocenters. The molecular formula is C18H36N2O2. The first kappa shape index (κ1) is 19.3. The maximum atomic E-state index is 12.1. The number of ether oxygens (including phenoxy) is 1. The minimum absolute atomic E-state index is 0.159. The molecule has 0 saturated carbocycles. The van der Waals surface area contributed by atoms with Gasteiger partial charge in [-0.05, 0) is 66.7 Å². The van der Waals surface area contributed by atoms with Crippen molar-refractivity contribution in [1.82, 2.24) is 9.80 Å². The number of likely N-dealkylation sites (tertiary alicyclic amines) is 1. The Morgan fingerprint density at radius 1 is 1.23 bits per heavy atom. The lowest BCUT2D eigenvalue weighted by Crippen LogP contribution is -2.46. The van der Waals surface area contributed by atoms with Gasteiger partial charge in [-0.1, -0.05) is 6.92 Å². The van der Waals surface area contributed by atoms with E-state index >= 15 is 0 Å². The Hall–Kier alpha value is -0.770. The minimum Gasteiger partial charge on any atom is -0.444 e. The minimum atomic E-state index is -0.404. The second kappa shape index (κ2) is 8.19. The predicted octanol–water partition coefficient (Wildman–Crippen LogP) is 4.14. The zero-order valence-corrected chi connectivity index (χ0v) is 15.7. The number of carbonyl (C=O) groups is 1. The van der Waals surface area contributed by atoms with E-state index in [0.29, 0.717) is 18.0 Å². The van der Waals surface area contributed by atoms with Crippen molar-refractivity contribution in [2.24, 2.45) is 5.92 Å². The first-order chi connectivity index (χ1) is 10.1. The molecule has 1 fully saturated rings. The second-order valence-corrected chi connectivity index (χ2v) is 7.96. The third kappa shape index (κ3) is 6.15. The molecule has 4 nitrogen and oxygen atoms in total. The van der Waals surface area contributed by atoms with Crippen LogP contribution < -0.4 is 0 Å². The smallest absolute Gasteiger partial charge is 0.410 e. The fraction of sp³-hybridized carbons (Fsp3) is 0.944. The summed E-state index contributed by atoms with van der Waals surface area (Å²) in [6.45, 7) is 17.7. The van der Waals surface area contributed by atoms with Crippen LogP contribution in [0.15, 0.2) is 0 Å². The topological polar surface area (TPSA) is 32.8 Å². The monoisotopic (exact) mass is 312 g/mol. The highest BCUT2D eigenvalue weighted by molar-refractivity contribution is 5.68. The van der Waals surface area contributed by atoms with Gasteiger partial charge in [0.15, 0.2) is 0 Å². The fourth-order valence-corrected chi connectivity index (χ4v) is 3.06. The Kier molecular flexibility index (Phi) is 7.17. The molecule has 1 heterocycles. The van der Waals surface area contributed by atoms with E-state index < -0.39 is 5.60 Å². The Labute approximate surface area is 137 Å². The molecule has 1 saturated heterocycles. The molecule has 0 spiro atoms. The van der Waals surface area contributed by atoms with Gasteiger partial charge in [-0.15, -0.1) is 0 Å². The van der Waals surface area contributed by atoms with Crippen LogP contribution in [0.2, 0.25) is 0 Å². The summed E-state index contributed by atoms with van der Waals surface area (Å²) in [7, 11) is 0. The summed E-state index contributed by atoms with van der Waals surface area (Å²) in [5.41, 5.74) is -0.404. The molecule has 130 valence electrons. The summed E-state index contributed by atoms with van der Waals surface area (Å²) in [6, 6.07) is 1.21. The maximum absolute atomic E-state index is 12.1. The van der Waals surface area contributed by atoms with Gasteiger partial charge in [0.25, 0.3) is 0 Å². The van der Waals surface area contributed by atoms with E-state index in [-0.39, 0.29) is 6.09 Å². The first-order valence-corrected chi connectivity index (χ1v) is 8.87. The van der Waals surface area contributed by atoms with Gasteiger partial charge in [-0.2, -0.15) is 0 Å². The van der Waals surface area contributed by atoms with E-state index in [0.717, 1.165) is 32.5 Å². The molecule has 4 heteroatoms. The van der Waals surface area contributed by atoms with Crippen LogP contribution in [0.25, 0.3) is 0 Å². The number of amides is 1. The number of nitrogens with zero attached hydrogens (tertiary/aromatic N) is 2. The number of hydrogen-bond donors (Lipinski definition) is 0. The molecule has 1 aliphatic heterocycles. The average Bonchev–Trinajstić information content (AvgIpc) is 2.42. The van der Waals surface area contributed by atoms with Crippen molar-refractivity contribution in [3.63, 3.8) is 0 Å². The molecule has 0 N–H and O–H groups in total. The number of rotatable bonds is 5.